The Morgan fingerprint density at radius 1 is 1.19 bits per heavy atom. The Bertz CT molecular complexity index is 424. The summed E-state index contributed by atoms with van der Waals surface area (Å²) in [6, 6.07) is 5.91. The molecule has 1 unspecified atom stereocenters. The molecule has 0 radical (unpaired) electrons. The first-order valence-corrected chi connectivity index (χ1v) is 7.27. The van der Waals surface area contributed by atoms with Crippen molar-refractivity contribution in [1.29, 1.82) is 0 Å². The Morgan fingerprint density at radius 3 is 2.43 bits per heavy atom. The van der Waals surface area contributed by atoms with E-state index in [1.807, 2.05) is 39.1 Å². The summed E-state index contributed by atoms with van der Waals surface area (Å²) >= 11 is 0. The number of methoxy groups -OCH3 is 2. The summed E-state index contributed by atoms with van der Waals surface area (Å²) < 4.78 is 16.3. The molecule has 2 N–H and O–H groups in total. The van der Waals surface area contributed by atoms with Crippen LogP contribution in [0.3, 0.4) is 0 Å². The molecule has 0 saturated heterocycles. The molecular weight excluding hydrogens is 268 g/mol. The second-order valence-corrected chi connectivity index (χ2v) is 5.26. The monoisotopic (exact) mass is 296 g/mol. The first-order chi connectivity index (χ1) is 10.0. The molecule has 21 heavy (non-hydrogen) atoms. The predicted octanol–water partition coefficient (Wildman–Crippen LogP) is 2.06. The Labute approximate surface area is 128 Å². The van der Waals surface area contributed by atoms with Crippen LogP contribution in [-0.2, 0) is 4.74 Å². The van der Waals surface area contributed by atoms with Crippen LogP contribution in [0, 0.1) is 0 Å². The van der Waals surface area contributed by atoms with Crippen LogP contribution in [0.4, 0.5) is 0 Å². The average Bonchev–Trinajstić information content (AvgIpc) is 2.47. The number of likely N-dealkylation sites (N-methyl/N-ethyl adjacent to an activating group) is 1. The standard InChI is InChI=1S/C16H28N2O3/c1-12(2)21-9-8-18(3)15(11-17)14-7-6-13(19-4)10-16(14)20-5/h6-7,10,12,15H,8-9,11,17H2,1-5H3. The van der Waals surface area contributed by atoms with Crippen LogP contribution in [0.1, 0.15) is 25.5 Å². The van der Waals surface area contributed by atoms with Crippen molar-refractivity contribution in [3.8, 4) is 11.5 Å². The molecule has 0 fully saturated rings. The van der Waals surface area contributed by atoms with Crippen LogP contribution in [0.25, 0.3) is 0 Å². The molecule has 120 valence electrons. The summed E-state index contributed by atoms with van der Waals surface area (Å²) in [5.41, 5.74) is 7.02. The lowest BCUT2D eigenvalue weighted by molar-refractivity contribution is 0.0562. The Hall–Kier alpha value is -1.30. The number of hydrogen-bond donors (Lipinski definition) is 1. The van der Waals surface area contributed by atoms with Crippen molar-refractivity contribution < 1.29 is 14.2 Å². The summed E-state index contributed by atoms with van der Waals surface area (Å²) in [5.74, 6) is 1.57. The Morgan fingerprint density at radius 2 is 1.90 bits per heavy atom. The molecule has 0 saturated carbocycles. The van der Waals surface area contributed by atoms with Gasteiger partial charge in [-0.05, 0) is 27.0 Å². The van der Waals surface area contributed by atoms with E-state index < -0.39 is 0 Å². The minimum Gasteiger partial charge on any atom is -0.497 e. The van der Waals surface area contributed by atoms with Crippen LogP contribution >= 0.6 is 0 Å². The fourth-order valence-electron chi connectivity index (χ4n) is 2.23. The van der Waals surface area contributed by atoms with Gasteiger partial charge in [0.25, 0.3) is 0 Å². The molecule has 0 heterocycles. The summed E-state index contributed by atoms with van der Waals surface area (Å²) in [4.78, 5) is 2.19. The van der Waals surface area contributed by atoms with Gasteiger partial charge in [-0.15, -0.1) is 0 Å². The number of ether oxygens (including phenoxy) is 3. The van der Waals surface area contributed by atoms with E-state index in [1.54, 1.807) is 14.2 Å². The summed E-state index contributed by atoms with van der Waals surface area (Å²) in [6.45, 7) is 6.08. The van der Waals surface area contributed by atoms with Gasteiger partial charge in [0, 0.05) is 24.7 Å². The Kier molecular flexibility index (Phi) is 7.50. The topological polar surface area (TPSA) is 57.0 Å². The molecule has 0 spiro atoms. The number of hydrogen-bond acceptors (Lipinski definition) is 5. The molecule has 1 aromatic carbocycles. The number of nitrogens with two attached hydrogens (primary N) is 1. The van der Waals surface area contributed by atoms with Gasteiger partial charge in [-0.25, -0.2) is 0 Å². The van der Waals surface area contributed by atoms with Gasteiger partial charge in [0.2, 0.25) is 0 Å². The number of nitrogens with zero attached hydrogens (tertiary/aromatic N) is 1. The van der Waals surface area contributed by atoms with Crippen molar-refractivity contribution in [3.63, 3.8) is 0 Å². The Balaban J connectivity index is 2.83. The highest BCUT2D eigenvalue weighted by Crippen LogP contribution is 2.31. The van der Waals surface area contributed by atoms with E-state index in [0.717, 1.165) is 23.6 Å². The maximum absolute atomic E-state index is 5.96. The normalized spacial score (nSPS) is 12.8. The minimum absolute atomic E-state index is 0.0848. The third kappa shape index (κ3) is 5.19. The zero-order chi connectivity index (χ0) is 15.8. The molecule has 0 aliphatic heterocycles. The van der Waals surface area contributed by atoms with Gasteiger partial charge >= 0.3 is 0 Å². The summed E-state index contributed by atoms with van der Waals surface area (Å²) in [7, 11) is 5.35. The molecule has 0 amide bonds. The van der Waals surface area contributed by atoms with Gasteiger partial charge in [0.05, 0.1) is 33.0 Å². The zero-order valence-electron chi connectivity index (χ0n) is 13.8. The fraction of sp³-hybridized carbons (Fsp3) is 0.625. The van der Waals surface area contributed by atoms with Gasteiger partial charge in [-0.3, -0.25) is 4.90 Å². The predicted molar refractivity (Wildman–Crippen MR) is 85.1 cm³/mol. The maximum Gasteiger partial charge on any atom is 0.127 e. The van der Waals surface area contributed by atoms with Crippen molar-refractivity contribution in [2.24, 2.45) is 5.73 Å². The highest BCUT2D eigenvalue weighted by molar-refractivity contribution is 5.42. The van der Waals surface area contributed by atoms with Crippen LogP contribution in [0.2, 0.25) is 0 Å². The van der Waals surface area contributed by atoms with E-state index >= 15 is 0 Å². The molecule has 5 nitrogen and oxygen atoms in total. The van der Waals surface area contributed by atoms with E-state index in [-0.39, 0.29) is 12.1 Å². The molecule has 1 aromatic rings. The molecule has 0 bridgehead atoms. The largest absolute Gasteiger partial charge is 0.497 e. The van der Waals surface area contributed by atoms with Crippen LogP contribution < -0.4 is 15.2 Å². The third-order valence-corrected chi connectivity index (χ3v) is 3.45. The van der Waals surface area contributed by atoms with Crippen molar-refractivity contribution in [3.05, 3.63) is 23.8 Å². The summed E-state index contributed by atoms with van der Waals surface area (Å²) in [5, 5.41) is 0. The quantitative estimate of drug-likeness (QED) is 0.756. The molecule has 0 aromatic heterocycles. The first-order valence-electron chi connectivity index (χ1n) is 7.27. The van der Waals surface area contributed by atoms with E-state index in [0.29, 0.717) is 13.2 Å². The SMILES string of the molecule is COc1ccc(C(CN)N(C)CCOC(C)C)c(OC)c1. The minimum atomic E-state index is 0.0848. The maximum atomic E-state index is 5.96. The second kappa shape index (κ2) is 8.87. The second-order valence-electron chi connectivity index (χ2n) is 5.26. The molecule has 0 aliphatic carbocycles. The summed E-state index contributed by atoms with van der Waals surface area (Å²) in [6.07, 6.45) is 0.241. The molecule has 5 heteroatoms. The van der Waals surface area contributed by atoms with E-state index in [1.165, 1.54) is 0 Å². The zero-order valence-corrected chi connectivity index (χ0v) is 13.8. The van der Waals surface area contributed by atoms with Crippen molar-refractivity contribution in [2.75, 3.05) is 41.0 Å². The van der Waals surface area contributed by atoms with Crippen LogP contribution in [-0.4, -0.2) is 52.0 Å². The molecule has 1 atom stereocenters. The lowest BCUT2D eigenvalue weighted by Gasteiger charge is -2.28. The van der Waals surface area contributed by atoms with Crippen molar-refractivity contribution in [1.82, 2.24) is 4.90 Å². The fourth-order valence-corrected chi connectivity index (χ4v) is 2.23. The first kappa shape index (κ1) is 17.8. The van der Waals surface area contributed by atoms with Crippen molar-refractivity contribution >= 4 is 0 Å². The lowest BCUT2D eigenvalue weighted by Crippen LogP contribution is -2.33. The molecule has 0 aliphatic rings. The van der Waals surface area contributed by atoms with Gasteiger partial charge in [-0.2, -0.15) is 0 Å². The highest BCUT2D eigenvalue weighted by Gasteiger charge is 2.19. The number of benzene rings is 1. The van der Waals surface area contributed by atoms with Gasteiger partial charge < -0.3 is 19.9 Å². The molecular formula is C16H28N2O3. The average molecular weight is 296 g/mol. The van der Waals surface area contributed by atoms with E-state index in [9.17, 15) is 0 Å². The highest BCUT2D eigenvalue weighted by atomic mass is 16.5. The van der Waals surface area contributed by atoms with Gasteiger partial charge in [0.1, 0.15) is 11.5 Å². The van der Waals surface area contributed by atoms with Gasteiger partial charge in [-0.1, -0.05) is 6.07 Å². The van der Waals surface area contributed by atoms with Crippen LogP contribution in [0.15, 0.2) is 18.2 Å². The van der Waals surface area contributed by atoms with Crippen molar-refractivity contribution in [2.45, 2.75) is 26.0 Å². The smallest absolute Gasteiger partial charge is 0.127 e. The van der Waals surface area contributed by atoms with Crippen LogP contribution in [0.5, 0.6) is 11.5 Å². The van der Waals surface area contributed by atoms with Gasteiger partial charge in [0.15, 0.2) is 0 Å². The number of rotatable bonds is 9. The van der Waals surface area contributed by atoms with E-state index in [4.69, 9.17) is 19.9 Å². The lowest BCUT2D eigenvalue weighted by atomic mass is 10.0. The van der Waals surface area contributed by atoms with E-state index in [2.05, 4.69) is 4.90 Å². The molecule has 1 rings (SSSR count). The third-order valence-electron chi connectivity index (χ3n) is 3.45.